The summed E-state index contributed by atoms with van der Waals surface area (Å²) in [6.45, 7) is -0.254. The van der Waals surface area contributed by atoms with E-state index < -0.39 is 5.97 Å². The zero-order valence-electron chi connectivity index (χ0n) is 11.7. The molecule has 2 aromatic heterocycles. The number of fused-ring (bicyclic) bond motifs is 3. The molecule has 0 fully saturated rings. The van der Waals surface area contributed by atoms with E-state index in [1.54, 1.807) is 22.8 Å². The van der Waals surface area contributed by atoms with Gasteiger partial charge in [-0.15, -0.1) is 0 Å². The SMILES string of the molecule is CNC(=O)c1ccc2c(c1)c1c(N)ncnc1n2CC(=O)O. The molecule has 0 radical (unpaired) electrons. The lowest BCUT2D eigenvalue weighted by atomic mass is 10.1. The number of rotatable bonds is 3. The van der Waals surface area contributed by atoms with E-state index in [1.807, 2.05) is 0 Å². The van der Waals surface area contributed by atoms with Crippen LogP contribution in [0.2, 0.25) is 0 Å². The second-order valence-electron chi connectivity index (χ2n) is 4.75. The molecular formula is C14H13N5O3. The molecule has 0 atom stereocenters. The summed E-state index contributed by atoms with van der Waals surface area (Å²) in [4.78, 5) is 31.0. The average molecular weight is 299 g/mol. The molecule has 0 aliphatic carbocycles. The minimum absolute atomic E-state index is 0.239. The number of carbonyl (C=O) groups excluding carboxylic acids is 1. The Balaban J connectivity index is 2.40. The highest BCUT2D eigenvalue weighted by Crippen LogP contribution is 2.31. The Bertz CT molecular complexity index is 916. The monoisotopic (exact) mass is 299 g/mol. The number of hydrogen-bond donors (Lipinski definition) is 3. The van der Waals surface area contributed by atoms with E-state index in [2.05, 4.69) is 15.3 Å². The lowest BCUT2D eigenvalue weighted by Gasteiger charge is -2.03. The van der Waals surface area contributed by atoms with E-state index >= 15 is 0 Å². The highest BCUT2D eigenvalue weighted by molar-refractivity contribution is 6.13. The molecule has 0 saturated carbocycles. The molecule has 4 N–H and O–H groups in total. The van der Waals surface area contributed by atoms with Gasteiger partial charge in [-0.2, -0.15) is 0 Å². The van der Waals surface area contributed by atoms with E-state index in [0.717, 1.165) is 0 Å². The van der Waals surface area contributed by atoms with Crippen molar-refractivity contribution in [3.8, 4) is 0 Å². The number of aliphatic carboxylic acids is 1. The van der Waals surface area contributed by atoms with E-state index in [0.29, 0.717) is 27.5 Å². The second-order valence-corrected chi connectivity index (χ2v) is 4.75. The molecule has 8 nitrogen and oxygen atoms in total. The smallest absolute Gasteiger partial charge is 0.323 e. The van der Waals surface area contributed by atoms with Gasteiger partial charge in [-0.05, 0) is 18.2 Å². The van der Waals surface area contributed by atoms with Crippen molar-refractivity contribution in [2.45, 2.75) is 6.54 Å². The maximum absolute atomic E-state index is 11.8. The van der Waals surface area contributed by atoms with Crippen molar-refractivity contribution in [2.24, 2.45) is 0 Å². The van der Waals surface area contributed by atoms with Crippen LogP contribution in [0.4, 0.5) is 5.82 Å². The van der Waals surface area contributed by atoms with E-state index in [4.69, 9.17) is 10.8 Å². The molecule has 3 rings (SSSR count). The Labute approximate surface area is 124 Å². The van der Waals surface area contributed by atoms with E-state index in [1.165, 1.54) is 13.4 Å². The van der Waals surface area contributed by atoms with Crippen molar-refractivity contribution in [2.75, 3.05) is 12.8 Å². The highest BCUT2D eigenvalue weighted by atomic mass is 16.4. The van der Waals surface area contributed by atoms with Crippen molar-refractivity contribution in [1.82, 2.24) is 19.9 Å². The maximum atomic E-state index is 11.8. The summed E-state index contributed by atoms with van der Waals surface area (Å²) in [5.74, 6) is -0.990. The number of anilines is 1. The Kier molecular flexibility index (Phi) is 3.13. The number of carboxylic acid groups (broad SMARTS) is 1. The first-order valence-electron chi connectivity index (χ1n) is 6.49. The van der Waals surface area contributed by atoms with Crippen molar-refractivity contribution in [3.05, 3.63) is 30.1 Å². The van der Waals surface area contributed by atoms with Crippen LogP contribution in [0.3, 0.4) is 0 Å². The fourth-order valence-electron chi connectivity index (χ4n) is 2.52. The molecule has 0 unspecified atom stereocenters. The number of carboxylic acids is 1. The second kappa shape index (κ2) is 4.99. The molecule has 0 aliphatic heterocycles. The summed E-state index contributed by atoms with van der Waals surface area (Å²) in [7, 11) is 1.54. The summed E-state index contributed by atoms with van der Waals surface area (Å²) in [5.41, 5.74) is 7.43. The molecule has 0 bridgehead atoms. The number of carbonyl (C=O) groups is 2. The minimum atomic E-state index is -0.994. The fraction of sp³-hybridized carbons (Fsp3) is 0.143. The lowest BCUT2D eigenvalue weighted by Crippen LogP contribution is -2.17. The van der Waals surface area contributed by atoms with Crippen LogP contribution >= 0.6 is 0 Å². The Morgan fingerprint density at radius 2 is 2.14 bits per heavy atom. The summed E-state index contributed by atoms with van der Waals surface area (Å²) < 4.78 is 1.54. The number of nitrogen functional groups attached to an aromatic ring is 1. The number of nitrogens with one attached hydrogen (secondary N) is 1. The summed E-state index contributed by atoms with van der Waals surface area (Å²) >= 11 is 0. The molecular weight excluding hydrogens is 286 g/mol. The van der Waals surface area contributed by atoms with Gasteiger partial charge in [-0.25, -0.2) is 9.97 Å². The lowest BCUT2D eigenvalue weighted by molar-refractivity contribution is -0.137. The summed E-state index contributed by atoms with van der Waals surface area (Å²) in [5, 5.41) is 12.8. The molecule has 112 valence electrons. The normalized spacial score (nSPS) is 11.0. The van der Waals surface area contributed by atoms with Crippen LogP contribution in [0.25, 0.3) is 21.9 Å². The van der Waals surface area contributed by atoms with Gasteiger partial charge < -0.3 is 20.7 Å². The highest BCUT2D eigenvalue weighted by Gasteiger charge is 2.17. The Morgan fingerprint density at radius 1 is 1.36 bits per heavy atom. The first-order valence-corrected chi connectivity index (χ1v) is 6.49. The summed E-state index contributed by atoms with van der Waals surface area (Å²) in [6.07, 6.45) is 1.29. The molecule has 0 saturated heterocycles. The standard InChI is InChI=1S/C14H13N5O3/c1-16-14(22)7-2-3-9-8(4-7)11-12(15)17-6-18-13(11)19(9)5-10(20)21/h2-4,6H,5H2,1H3,(H,16,22)(H,20,21)(H2,15,17,18). The third kappa shape index (κ3) is 2.01. The first-order chi connectivity index (χ1) is 10.5. The number of benzene rings is 1. The zero-order chi connectivity index (χ0) is 15.9. The molecule has 2 heterocycles. The number of hydrogen-bond acceptors (Lipinski definition) is 5. The van der Waals surface area contributed by atoms with Crippen LogP contribution < -0.4 is 11.1 Å². The quantitative estimate of drug-likeness (QED) is 0.651. The first kappa shape index (κ1) is 13.8. The van der Waals surface area contributed by atoms with Crippen LogP contribution in [0.15, 0.2) is 24.5 Å². The van der Waals surface area contributed by atoms with E-state index in [-0.39, 0.29) is 18.3 Å². The zero-order valence-corrected chi connectivity index (χ0v) is 11.7. The van der Waals surface area contributed by atoms with Crippen LogP contribution in [0.5, 0.6) is 0 Å². The van der Waals surface area contributed by atoms with Crippen molar-refractivity contribution in [1.29, 1.82) is 0 Å². The van der Waals surface area contributed by atoms with Gasteiger partial charge in [-0.3, -0.25) is 9.59 Å². The van der Waals surface area contributed by atoms with Gasteiger partial charge in [-0.1, -0.05) is 0 Å². The van der Waals surface area contributed by atoms with Crippen molar-refractivity contribution in [3.63, 3.8) is 0 Å². The van der Waals surface area contributed by atoms with Crippen LogP contribution in [-0.2, 0) is 11.3 Å². The van der Waals surface area contributed by atoms with Crippen molar-refractivity contribution < 1.29 is 14.7 Å². The maximum Gasteiger partial charge on any atom is 0.323 e. The third-order valence-corrected chi connectivity index (χ3v) is 3.45. The number of aromatic nitrogens is 3. The largest absolute Gasteiger partial charge is 0.480 e. The van der Waals surface area contributed by atoms with Crippen LogP contribution in [0.1, 0.15) is 10.4 Å². The van der Waals surface area contributed by atoms with Gasteiger partial charge in [0.25, 0.3) is 5.91 Å². The van der Waals surface area contributed by atoms with Gasteiger partial charge in [0.2, 0.25) is 0 Å². The summed E-state index contributed by atoms with van der Waals surface area (Å²) in [6, 6.07) is 4.97. The van der Waals surface area contributed by atoms with Crippen molar-refractivity contribution >= 4 is 39.6 Å². The number of nitrogens with two attached hydrogens (primary N) is 1. The molecule has 3 aromatic rings. The van der Waals surface area contributed by atoms with Gasteiger partial charge in [0.1, 0.15) is 24.3 Å². The molecule has 0 aliphatic rings. The molecule has 8 heteroatoms. The Hall–Kier alpha value is -3.16. The predicted molar refractivity (Wildman–Crippen MR) is 80.5 cm³/mol. The number of amides is 1. The van der Waals surface area contributed by atoms with Gasteiger partial charge in [0, 0.05) is 18.0 Å². The van der Waals surface area contributed by atoms with Gasteiger partial charge in [0.05, 0.1) is 10.9 Å². The molecule has 0 spiro atoms. The van der Waals surface area contributed by atoms with Gasteiger partial charge >= 0.3 is 5.97 Å². The molecule has 1 aromatic carbocycles. The third-order valence-electron chi connectivity index (χ3n) is 3.45. The fourth-order valence-corrected chi connectivity index (χ4v) is 2.52. The molecule has 22 heavy (non-hydrogen) atoms. The van der Waals surface area contributed by atoms with E-state index in [9.17, 15) is 9.59 Å². The predicted octanol–water partition coefficient (Wildman–Crippen LogP) is 0.611. The topological polar surface area (TPSA) is 123 Å². The Morgan fingerprint density at radius 3 is 2.82 bits per heavy atom. The minimum Gasteiger partial charge on any atom is -0.480 e. The molecule has 1 amide bonds. The van der Waals surface area contributed by atoms with Crippen LogP contribution in [0, 0.1) is 0 Å². The number of nitrogens with zero attached hydrogens (tertiary/aromatic N) is 3. The average Bonchev–Trinajstić information content (AvgIpc) is 2.81. The van der Waals surface area contributed by atoms with Crippen LogP contribution in [-0.4, -0.2) is 38.6 Å². The van der Waals surface area contributed by atoms with Gasteiger partial charge in [0.15, 0.2) is 0 Å².